The predicted molar refractivity (Wildman–Crippen MR) is 250 cm³/mol. The van der Waals surface area contributed by atoms with Crippen LogP contribution in [-0.4, -0.2) is 46.9 Å². The third kappa shape index (κ3) is 41.1. The van der Waals surface area contributed by atoms with E-state index in [9.17, 15) is 19.8 Å². The van der Waals surface area contributed by atoms with Gasteiger partial charge in [-0.25, -0.2) is 0 Å². The molecule has 0 aliphatic rings. The first-order chi connectivity index (χ1) is 28.5. The Morgan fingerprint density at radius 3 is 1.28 bits per heavy atom. The lowest BCUT2D eigenvalue weighted by atomic mass is 10.0. The van der Waals surface area contributed by atoms with E-state index in [0.29, 0.717) is 19.3 Å². The SMILES string of the molecule is CCCCCCCCC/C=C/C=C/CCCCCCCC(=O)OC(CCCCCCCCC)CC(=O)NC(CO)C(O)CCCCCCCCCCCCCCCC. The maximum atomic E-state index is 13.1. The van der Waals surface area contributed by atoms with E-state index in [4.69, 9.17) is 4.74 Å². The monoisotopic (exact) mass is 818 g/mol. The molecule has 0 radical (unpaired) electrons. The molecule has 0 aromatic rings. The highest BCUT2D eigenvalue weighted by Crippen LogP contribution is 2.18. The molecular weight excluding hydrogens is 719 g/mol. The number of hydrogen-bond donors (Lipinski definition) is 3. The third-order valence-electron chi connectivity index (χ3n) is 11.8. The fourth-order valence-electron chi connectivity index (χ4n) is 7.89. The molecule has 0 aromatic carbocycles. The van der Waals surface area contributed by atoms with Crippen molar-refractivity contribution < 1.29 is 24.5 Å². The van der Waals surface area contributed by atoms with Crippen LogP contribution in [0.5, 0.6) is 0 Å². The Morgan fingerprint density at radius 2 is 0.862 bits per heavy atom. The van der Waals surface area contributed by atoms with Gasteiger partial charge >= 0.3 is 5.97 Å². The van der Waals surface area contributed by atoms with Gasteiger partial charge in [-0.15, -0.1) is 0 Å². The lowest BCUT2D eigenvalue weighted by Gasteiger charge is -2.24. The number of carbonyl (C=O) groups excluding carboxylic acids is 2. The van der Waals surface area contributed by atoms with Crippen molar-refractivity contribution in [3.8, 4) is 0 Å². The number of nitrogens with one attached hydrogen (secondary N) is 1. The van der Waals surface area contributed by atoms with Crippen molar-refractivity contribution >= 4 is 11.9 Å². The molecule has 0 bridgehead atoms. The number of aliphatic hydroxyl groups is 2. The summed E-state index contributed by atoms with van der Waals surface area (Å²) >= 11 is 0. The molecule has 6 nitrogen and oxygen atoms in total. The van der Waals surface area contributed by atoms with E-state index in [1.807, 2.05) is 0 Å². The van der Waals surface area contributed by atoms with E-state index in [1.165, 1.54) is 167 Å². The van der Waals surface area contributed by atoms with Crippen LogP contribution in [0.2, 0.25) is 0 Å². The number of aliphatic hydroxyl groups excluding tert-OH is 2. The first kappa shape index (κ1) is 56.3. The summed E-state index contributed by atoms with van der Waals surface area (Å²) in [6.45, 7) is 6.46. The highest BCUT2D eigenvalue weighted by molar-refractivity contribution is 5.77. The first-order valence-corrected chi connectivity index (χ1v) is 25.6. The minimum absolute atomic E-state index is 0.0749. The van der Waals surface area contributed by atoms with E-state index in [0.717, 1.165) is 57.8 Å². The van der Waals surface area contributed by atoms with Crippen LogP contribution in [0.3, 0.4) is 0 Å². The predicted octanol–water partition coefficient (Wildman–Crippen LogP) is 15.1. The summed E-state index contributed by atoms with van der Waals surface area (Å²) in [6.07, 6.45) is 52.5. The highest BCUT2D eigenvalue weighted by atomic mass is 16.5. The van der Waals surface area contributed by atoms with Crippen LogP contribution in [0.1, 0.15) is 271 Å². The maximum absolute atomic E-state index is 13.1. The minimum atomic E-state index is -0.784. The van der Waals surface area contributed by atoms with Gasteiger partial charge in [0.05, 0.1) is 25.2 Å². The Morgan fingerprint density at radius 1 is 0.500 bits per heavy atom. The Bertz CT molecular complexity index is 919. The van der Waals surface area contributed by atoms with Crippen LogP contribution >= 0.6 is 0 Å². The van der Waals surface area contributed by atoms with Crippen LogP contribution in [0.25, 0.3) is 0 Å². The van der Waals surface area contributed by atoms with Crippen molar-refractivity contribution in [3.63, 3.8) is 0 Å². The van der Waals surface area contributed by atoms with Crippen LogP contribution in [-0.2, 0) is 14.3 Å². The second-order valence-electron chi connectivity index (χ2n) is 17.6. The number of esters is 1. The summed E-state index contributed by atoms with van der Waals surface area (Å²) < 4.78 is 5.89. The van der Waals surface area contributed by atoms with Crippen molar-refractivity contribution in [1.82, 2.24) is 5.32 Å². The zero-order valence-electron chi connectivity index (χ0n) is 38.9. The summed E-state index contributed by atoms with van der Waals surface area (Å²) in [4.78, 5) is 26.0. The van der Waals surface area contributed by atoms with Crippen LogP contribution in [0.4, 0.5) is 0 Å². The van der Waals surface area contributed by atoms with Crippen LogP contribution in [0, 0.1) is 0 Å². The van der Waals surface area contributed by atoms with Gasteiger partial charge in [-0.05, 0) is 51.4 Å². The van der Waals surface area contributed by atoms with E-state index >= 15 is 0 Å². The average Bonchev–Trinajstić information content (AvgIpc) is 3.21. The molecular formula is C52H99NO5. The fraction of sp³-hybridized carbons (Fsp3) is 0.885. The summed E-state index contributed by atoms with van der Waals surface area (Å²) in [5.41, 5.74) is 0. The summed E-state index contributed by atoms with van der Waals surface area (Å²) in [6, 6.07) is -0.698. The second kappa shape index (κ2) is 46.4. The number of unbranched alkanes of at least 4 members (excludes halogenated alkanes) is 31. The normalized spacial score (nSPS) is 13.4. The number of ether oxygens (including phenoxy) is 1. The second-order valence-corrected chi connectivity index (χ2v) is 17.6. The average molecular weight is 818 g/mol. The Kier molecular flexibility index (Phi) is 45.1. The van der Waals surface area contributed by atoms with E-state index < -0.39 is 18.2 Å². The van der Waals surface area contributed by atoms with Gasteiger partial charge in [0.1, 0.15) is 6.10 Å². The van der Waals surface area contributed by atoms with Crippen LogP contribution < -0.4 is 5.32 Å². The molecule has 3 unspecified atom stereocenters. The van der Waals surface area contributed by atoms with Gasteiger partial charge in [-0.2, -0.15) is 0 Å². The van der Waals surface area contributed by atoms with Crippen molar-refractivity contribution in [2.45, 2.75) is 289 Å². The standard InChI is InChI=1S/C52H99NO5/c1-4-7-10-13-16-18-20-22-24-25-26-27-29-31-33-36-39-42-45-52(57)58-48(43-40-37-34-15-12-9-6-3)46-51(56)53-49(47-54)50(55)44-41-38-35-32-30-28-23-21-19-17-14-11-8-5-2/h24-27,48-50,54-55H,4-23,28-47H2,1-3H3,(H,53,56)/b25-24+,27-26+. The molecule has 0 aliphatic carbocycles. The summed E-state index contributed by atoms with van der Waals surface area (Å²) in [5, 5.41) is 23.7. The van der Waals surface area contributed by atoms with Crippen molar-refractivity contribution in [2.75, 3.05) is 6.61 Å². The Hall–Kier alpha value is -1.66. The number of hydrogen-bond acceptors (Lipinski definition) is 5. The molecule has 0 spiro atoms. The van der Waals surface area contributed by atoms with Gasteiger partial charge in [0, 0.05) is 6.42 Å². The van der Waals surface area contributed by atoms with Gasteiger partial charge in [0.15, 0.2) is 0 Å². The number of carbonyl (C=O) groups is 2. The quantitative estimate of drug-likeness (QED) is 0.0323. The lowest BCUT2D eigenvalue weighted by molar-refractivity contribution is -0.151. The Balaban J connectivity index is 4.37. The van der Waals surface area contributed by atoms with E-state index in [-0.39, 0.29) is 24.9 Å². The topological polar surface area (TPSA) is 95.9 Å². The van der Waals surface area contributed by atoms with Crippen molar-refractivity contribution in [3.05, 3.63) is 24.3 Å². The molecule has 3 N–H and O–H groups in total. The molecule has 342 valence electrons. The van der Waals surface area contributed by atoms with Gasteiger partial charge < -0.3 is 20.3 Å². The molecule has 1 amide bonds. The summed E-state index contributed by atoms with van der Waals surface area (Å²) in [7, 11) is 0. The lowest BCUT2D eigenvalue weighted by Crippen LogP contribution is -2.46. The molecule has 0 fully saturated rings. The smallest absolute Gasteiger partial charge is 0.306 e. The van der Waals surface area contributed by atoms with Crippen molar-refractivity contribution in [1.29, 1.82) is 0 Å². The Labute approximate surface area is 361 Å². The summed E-state index contributed by atoms with van der Waals surface area (Å²) in [5.74, 6) is -0.485. The molecule has 3 atom stereocenters. The molecule has 0 heterocycles. The van der Waals surface area contributed by atoms with Gasteiger partial charge in [0.25, 0.3) is 0 Å². The molecule has 0 rings (SSSR count). The largest absolute Gasteiger partial charge is 0.462 e. The number of amides is 1. The molecule has 58 heavy (non-hydrogen) atoms. The number of rotatable bonds is 46. The van der Waals surface area contributed by atoms with Crippen molar-refractivity contribution in [2.24, 2.45) is 0 Å². The maximum Gasteiger partial charge on any atom is 0.306 e. The van der Waals surface area contributed by atoms with Gasteiger partial charge in [0.2, 0.25) is 5.91 Å². The minimum Gasteiger partial charge on any atom is -0.462 e. The van der Waals surface area contributed by atoms with Crippen LogP contribution in [0.15, 0.2) is 24.3 Å². The van der Waals surface area contributed by atoms with E-state index in [1.54, 1.807) is 0 Å². The molecule has 6 heteroatoms. The highest BCUT2D eigenvalue weighted by Gasteiger charge is 2.24. The fourth-order valence-corrected chi connectivity index (χ4v) is 7.89. The third-order valence-corrected chi connectivity index (χ3v) is 11.8. The zero-order valence-corrected chi connectivity index (χ0v) is 38.9. The van der Waals surface area contributed by atoms with Gasteiger partial charge in [-0.1, -0.05) is 231 Å². The zero-order chi connectivity index (χ0) is 42.4. The molecule has 0 saturated carbocycles. The first-order valence-electron chi connectivity index (χ1n) is 25.6. The van der Waals surface area contributed by atoms with Gasteiger partial charge in [-0.3, -0.25) is 9.59 Å². The molecule has 0 saturated heterocycles. The number of allylic oxidation sites excluding steroid dienone is 4. The molecule has 0 aliphatic heterocycles. The molecule has 0 aromatic heterocycles. The van der Waals surface area contributed by atoms with E-state index in [2.05, 4.69) is 50.4 Å².